The standard InChI is InChI=1S/C19H17Cl2N3O2S/c1-9-7-12(21)4-5-13(9)23-18(26)17-16(24-14(25)8-20)15-10(2)6-11(3)22-19(15)27-17/h4-7H,8H2,1-3H3,(H,23,26)(H,24,25). The van der Waals surface area contributed by atoms with E-state index in [-0.39, 0.29) is 17.7 Å². The molecule has 0 aliphatic carbocycles. The zero-order valence-electron chi connectivity index (χ0n) is 14.9. The Morgan fingerprint density at radius 2 is 1.85 bits per heavy atom. The molecule has 140 valence electrons. The van der Waals surface area contributed by atoms with Crippen LogP contribution in [0.3, 0.4) is 0 Å². The number of nitrogens with zero attached hydrogens (tertiary/aromatic N) is 1. The number of anilines is 2. The Balaban J connectivity index is 2.08. The van der Waals surface area contributed by atoms with Gasteiger partial charge in [-0.25, -0.2) is 4.98 Å². The van der Waals surface area contributed by atoms with Crippen LogP contribution in [0.1, 0.15) is 26.5 Å². The van der Waals surface area contributed by atoms with Crippen molar-refractivity contribution in [3.05, 3.63) is 51.0 Å². The molecule has 2 amide bonds. The number of pyridine rings is 1. The summed E-state index contributed by atoms with van der Waals surface area (Å²) in [6.07, 6.45) is 0. The van der Waals surface area contributed by atoms with E-state index >= 15 is 0 Å². The zero-order valence-corrected chi connectivity index (χ0v) is 17.3. The molecule has 0 fully saturated rings. The average Bonchev–Trinajstić information content (AvgIpc) is 2.95. The third-order valence-corrected chi connectivity index (χ3v) is 5.58. The first-order chi connectivity index (χ1) is 12.8. The molecule has 0 saturated carbocycles. The molecule has 0 atom stereocenters. The molecule has 0 saturated heterocycles. The number of halogens is 2. The first-order valence-corrected chi connectivity index (χ1v) is 9.87. The van der Waals surface area contributed by atoms with Gasteiger partial charge in [-0.1, -0.05) is 11.6 Å². The van der Waals surface area contributed by atoms with Gasteiger partial charge >= 0.3 is 0 Å². The molecule has 5 nitrogen and oxygen atoms in total. The zero-order chi connectivity index (χ0) is 19.7. The van der Waals surface area contributed by atoms with E-state index in [4.69, 9.17) is 23.2 Å². The molecule has 3 aromatic rings. The van der Waals surface area contributed by atoms with Crippen molar-refractivity contribution in [3.63, 3.8) is 0 Å². The number of rotatable bonds is 4. The maximum absolute atomic E-state index is 13.0. The summed E-state index contributed by atoms with van der Waals surface area (Å²) in [5.74, 6) is -0.911. The van der Waals surface area contributed by atoms with E-state index < -0.39 is 0 Å². The van der Waals surface area contributed by atoms with Crippen LogP contribution in [0.2, 0.25) is 5.02 Å². The normalized spacial score (nSPS) is 10.9. The smallest absolute Gasteiger partial charge is 0.267 e. The SMILES string of the molecule is Cc1cc(C)c2c(NC(=O)CCl)c(C(=O)Nc3ccc(Cl)cc3C)sc2n1. The minimum Gasteiger partial charge on any atom is -0.323 e. The van der Waals surface area contributed by atoms with Crippen LogP contribution in [-0.4, -0.2) is 22.7 Å². The molecule has 3 rings (SSSR count). The predicted octanol–water partition coefficient (Wildman–Crippen LogP) is 5.30. The summed E-state index contributed by atoms with van der Waals surface area (Å²) >= 11 is 12.9. The number of fused-ring (bicyclic) bond motifs is 1. The molecular weight excluding hydrogens is 405 g/mol. The summed E-state index contributed by atoms with van der Waals surface area (Å²) in [6, 6.07) is 7.14. The molecule has 0 aliphatic rings. The number of benzene rings is 1. The van der Waals surface area contributed by atoms with Gasteiger partial charge in [0.2, 0.25) is 5.91 Å². The quantitative estimate of drug-likeness (QED) is 0.560. The molecule has 2 N–H and O–H groups in total. The maximum Gasteiger partial charge on any atom is 0.267 e. The van der Waals surface area contributed by atoms with Crippen molar-refractivity contribution in [1.82, 2.24) is 4.98 Å². The minimum absolute atomic E-state index is 0.201. The Morgan fingerprint density at radius 1 is 1.11 bits per heavy atom. The molecule has 8 heteroatoms. The Kier molecular flexibility index (Phi) is 5.69. The number of carbonyl (C=O) groups is 2. The topological polar surface area (TPSA) is 71.1 Å². The van der Waals surface area contributed by atoms with Crippen molar-refractivity contribution in [2.24, 2.45) is 0 Å². The summed E-state index contributed by atoms with van der Waals surface area (Å²) in [4.78, 5) is 30.5. The number of carbonyl (C=O) groups excluding carboxylic acids is 2. The summed E-state index contributed by atoms with van der Waals surface area (Å²) < 4.78 is 0. The third-order valence-electron chi connectivity index (χ3n) is 4.02. The third kappa shape index (κ3) is 4.08. The van der Waals surface area contributed by atoms with E-state index in [2.05, 4.69) is 15.6 Å². The summed E-state index contributed by atoms with van der Waals surface area (Å²) in [5, 5.41) is 6.98. The maximum atomic E-state index is 13.0. The number of aryl methyl sites for hydroxylation is 3. The molecule has 27 heavy (non-hydrogen) atoms. The second-order valence-electron chi connectivity index (χ2n) is 6.16. The summed E-state index contributed by atoms with van der Waals surface area (Å²) in [5.41, 5.74) is 3.71. The van der Waals surface area contributed by atoms with Crippen LogP contribution in [0.25, 0.3) is 10.2 Å². The number of hydrogen-bond acceptors (Lipinski definition) is 4. The van der Waals surface area contributed by atoms with Crippen LogP contribution in [0, 0.1) is 20.8 Å². The number of nitrogens with one attached hydrogen (secondary N) is 2. The van der Waals surface area contributed by atoms with Crippen molar-refractivity contribution >= 4 is 67.9 Å². The van der Waals surface area contributed by atoms with E-state index in [9.17, 15) is 9.59 Å². The molecule has 1 aromatic carbocycles. The molecule has 2 aromatic heterocycles. The summed E-state index contributed by atoms with van der Waals surface area (Å²) in [7, 11) is 0. The van der Waals surface area contributed by atoms with E-state index in [0.717, 1.165) is 22.2 Å². The molecule has 2 heterocycles. The monoisotopic (exact) mass is 421 g/mol. The Morgan fingerprint density at radius 3 is 2.52 bits per heavy atom. The fourth-order valence-electron chi connectivity index (χ4n) is 2.84. The second kappa shape index (κ2) is 7.84. The number of aromatic nitrogens is 1. The van der Waals surface area contributed by atoms with Gasteiger partial charge in [-0.3, -0.25) is 9.59 Å². The molecule has 0 aliphatic heterocycles. The van der Waals surface area contributed by atoms with Gasteiger partial charge in [0.05, 0.1) is 5.69 Å². The van der Waals surface area contributed by atoms with Crippen molar-refractivity contribution in [1.29, 1.82) is 0 Å². The van der Waals surface area contributed by atoms with E-state index in [1.54, 1.807) is 18.2 Å². The van der Waals surface area contributed by atoms with Crippen LogP contribution < -0.4 is 10.6 Å². The van der Waals surface area contributed by atoms with Crippen molar-refractivity contribution < 1.29 is 9.59 Å². The number of alkyl halides is 1. The first-order valence-electron chi connectivity index (χ1n) is 8.14. The highest BCUT2D eigenvalue weighted by atomic mass is 35.5. The molecule has 0 bridgehead atoms. The van der Waals surface area contributed by atoms with Crippen LogP contribution in [0.4, 0.5) is 11.4 Å². The lowest BCUT2D eigenvalue weighted by molar-refractivity contribution is -0.113. The first kappa shape index (κ1) is 19.6. The Labute approximate surface area is 170 Å². The fraction of sp³-hybridized carbons (Fsp3) is 0.211. The minimum atomic E-state index is -0.381. The highest BCUT2D eigenvalue weighted by molar-refractivity contribution is 7.21. The average molecular weight is 422 g/mol. The number of hydrogen-bond donors (Lipinski definition) is 2. The molecular formula is C19H17Cl2N3O2S. The molecule has 0 radical (unpaired) electrons. The lowest BCUT2D eigenvalue weighted by atomic mass is 10.1. The van der Waals surface area contributed by atoms with E-state index in [1.807, 2.05) is 26.8 Å². The van der Waals surface area contributed by atoms with Gasteiger partial charge in [-0.05, 0) is 56.2 Å². The lowest BCUT2D eigenvalue weighted by Crippen LogP contribution is -2.17. The van der Waals surface area contributed by atoms with Gasteiger partial charge < -0.3 is 10.6 Å². The Bertz CT molecular complexity index is 1060. The number of amides is 2. The molecule has 0 spiro atoms. The van der Waals surface area contributed by atoms with Crippen LogP contribution in [-0.2, 0) is 4.79 Å². The van der Waals surface area contributed by atoms with Gasteiger partial charge in [0.15, 0.2) is 0 Å². The van der Waals surface area contributed by atoms with Gasteiger partial charge in [-0.15, -0.1) is 22.9 Å². The largest absolute Gasteiger partial charge is 0.323 e. The van der Waals surface area contributed by atoms with Gasteiger partial charge in [-0.2, -0.15) is 0 Å². The fourth-order valence-corrected chi connectivity index (χ4v) is 4.28. The highest BCUT2D eigenvalue weighted by Gasteiger charge is 2.23. The van der Waals surface area contributed by atoms with Crippen molar-refractivity contribution in [2.75, 3.05) is 16.5 Å². The molecule has 0 unspecified atom stereocenters. The van der Waals surface area contributed by atoms with Crippen LogP contribution in [0.5, 0.6) is 0 Å². The predicted molar refractivity (Wildman–Crippen MR) is 113 cm³/mol. The number of thiophene rings is 1. The van der Waals surface area contributed by atoms with Crippen molar-refractivity contribution in [2.45, 2.75) is 20.8 Å². The Hall–Kier alpha value is -2.15. The van der Waals surface area contributed by atoms with Gasteiger partial charge in [0.25, 0.3) is 5.91 Å². The van der Waals surface area contributed by atoms with Gasteiger partial charge in [0, 0.05) is 21.8 Å². The van der Waals surface area contributed by atoms with Crippen LogP contribution >= 0.6 is 34.5 Å². The van der Waals surface area contributed by atoms with Crippen molar-refractivity contribution in [3.8, 4) is 0 Å². The van der Waals surface area contributed by atoms with Gasteiger partial charge in [0.1, 0.15) is 15.6 Å². The van der Waals surface area contributed by atoms with E-state index in [1.165, 1.54) is 11.3 Å². The summed E-state index contributed by atoms with van der Waals surface area (Å²) in [6.45, 7) is 5.67. The lowest BCUT2D eigenvalue weighted by Gasteiger charge is -2.10. The second-order valence-corrected chi connectivity index (χ2v) is 7.86. The van der Waals surface area contributed by atoms with Crippen LogP contribution in [0.15, 0.2) is 24.3 Å². The van der Waals surface area contributed by atoms with E-state index in [0.29, 0.717) is 26.1 Å². The highest BCUT2D eigenvalue weighted by Crippen LogP contribution is 2.38.